The molecule has 0 spiro atoms. The number of hydrogen-bond donors (Lipinski definition) is 1. The van der Waals surface area contributed by atoms with Gasteiger partial charge in [0.25, 0.3) is 0 Å². The Morgan fingerprint density at radius 2 is 1.94 bits per heavy atom. The second-order valence-electron chi connectivity index (χ2n) is 6.66. The fourth-order valence-corrected chi connectivity index (χ4v) is 3.24. The Balaban J connectivity index is 3.18. The normalized spacial score (nSPS) is 25.3. The smallest absolute Gasteiger partial charge is 0.305 e. The summed E-state index contributed by atoms with van der Waals surface area (Å²) in [7, 11) is 1.74. The van der Waals surface area contributed by atoms with Crippen molar-refractivity contribution >= 4 is 11.9 Å². The first kappa shape index (κ1) is 15.0. The molecule has 0 aromatic rings. The number of carboxylic acids is 1. The van der Waals surface area contributed by atoms with Gasteiger partial charge in [0.05, 0.1) is 6.42 Å². The molecular weight excluding hydrogens is 232 g/mol. The molecule has 1 unspecified atom stereocenters. The summed E-state index contributed by atoms with van der Waals surface area (Å²) in [5, 5.41) is 9.03. The maximum Gasteiger partial charge on any atom is 0.305 e. The second kappa shape index (κ2) is 4.53. The van der Waals surface area contributed by atoms with Crippen LogP contribution in [0.5, 0.6) is 0 Å². The first-order valence-corrected chi connectivity index (χ1v) is 6.23. The Labute approximate surface area is 109 Å². The van der Waals surface area contributed by atoms with E-state index in [1.54, 1.807) is 11.9 Å². The number of hydrogen-bond acceptors (Lipinski definition) is 3. The van der Waals surface area contributed by atoms with Crippen molar-refractivity contribution in [1.29, 1.82) is 0 Å². The van der Waals surface area contributed by atoms with Crippen LogP contribution in [0, 0.1) is 0 Å². The molecule has 5 heteroatoms. The molecule has 0 aliphatic carbocycles. The SMILES string of the molecule is CN1CC(C)(C)N(C(C)(C)C)C(CC(=O)O)C1=O. The lowest BCUT2D eigenvalue weighted by molar-refractivity contribution is -0.161. The second-order valence-corrected chi connectivity index (χ2v) is 6.66. The van der Waals surface area contributed by atoms with E-state index in [4.69, 9.17) is 5.11 Å². The highest BCUT2D eigenvalue weighted by Crippen LogP contribution is 2.34. The largest absolute Gasteiger partial charge is 0.481 e. The maximum atomic E-state index is 12.2. The van der Waals surface area contributed by atoms with Crippen LogP contribution in [0.1, 0.15) is 41.0 Å². The first-order valence-electron chi connectivity index (χ1n) is 6.23. The summed E-state index contributed by atoms with van der Waals surface area (Å²) >= 11 is 0. The van der Waals surface area contributed by atoms with Crippen molar-refractivity contribution in [3.63, 3.8) is 0 Å². The number of piperazine rings is 1. The number of carbonyl (C=O) groups excluding carboxylic acids is 1. The Hall–Kier alpha value is -1.10. The minimum Gasteiger partial charge on any atom is -0.481 e. The fraction of sp³-hybridized carbons (Fsp3) is 0.846. The van der Waals surface area contributed by atoms with E-state index >= 15 is 0 Å². The quantitative estimate of drug-likeness (QED) is 0.806. The minimum atomic E-state index is -0.936. The van der Waals surface area contributed by atoms with E-state index in [0.29, 0.717) is 6.54 Å². The van der Waals surface area contributed by atoms with Gasteiger partial charge in [-0.2, -0.15) is 0 Å². The molecule has 1 N–H and O–H groups in total. The lowest BCUT2D eigenvalue weighted by atomic mass is 9.86. The van der Waals surface area contributed by atoms with Crippen LogP contribution in [-0.2, 0) is 9.59 Å². The van der Waals surface area contributed by atoms with Gasteiger partial charge in [-0.15, -0.1) is 0 Å². The Bertz CT molecular complexity index is 358. The zero-order chi connectivity index (χ0) is 14.3. The van der Waals surface area contributed by atoms with Gasteiger partial charge in [0.1, 0.15) is 6.04 Å². The third-order valence-electron chi connectivity index (χ3n) is 3.34. The number of nitrogens with zero attached hydrogens (tertiary/aromatic N) is 2. The molecule has 1 atom stereocenters. The fourth-order valence-electron chi connectivity index (χ4n) is 3.24. The average molecular weight is 256 g/mol. The molecule has 1 rings (SSSR count). The predicted octanol–water partition coefficient (Wildman–Crippen LogP) is 1.18. The lowest BCUT2D eigenvalue weighted by Gasteiger charge is -2.55. The van der Waals surface area contributed by atoms with E-state index in [1.807, 2.05) is 25.7 Å². The van der Waals surface area contributed by atoms with Crippen LogP contribution < -0.4 is 0 Å². The Morgan fingerprint density at radius 3 is 2.33 bits per heavy atom. The monoisotopic (exact) mass is 256 g/mol. The molecule has 104 valence electrons. The van der Waals surface area contributed by atoms with E-state index in [1.165, 1.54) is 0 Å². The highest BCUT2D eigenvalue weighted by molar-refractivity contribution is 5.87. The van der Waals surface area contributed by atoms with Gasteiger partial charge in [0.2, 0.25) is 5.91 Å². The van der Waals surface area contributed by atoms with Crippen molar-refractivity contribution in [2.24, 2.45) is 0 Å². The molecular formula is C13H24N2O3. The highest BCUT2D eigenvalue weighted by atomic mass is 16.4. The van der Waals surface area contributed by atoms with Gasteiger partial charge in [-0.1, -0.05) is 0 Å². The zero-order valence-electron chi connectivity index (χ0n) is 12.1. The van der Waals surface area contributed by atoms with Gasteiger partial charge in [-0.25, -0.2) is 0 Å². The van der Waals surface area contributed by atoms with Gasteiger partial charge in [-0.05, 0) is 34.6 Å². The number of likely N-dealkylation sites (N-methyl/N-ethyl adjacent to an activating group) is 1. The van der Waals surface area contributed by atoms with Gasteiger partial charge >= 0.3 is 5.97 Å². The third kappa shape index (κ3) is 2.83. The van der Waals surface area contributed by atoms with Gasteiger partial charge in [0, 0.05) is 24.7 Å². The summed E-state index contributed by atoms with van der Waals surface area (Å²) in [6.45, 7) is 10.8. The summed E-state index contributed by atoms with van der Waals surface area (Å²) in [6.07, 6.45) is -0.149. The maximum absolute atomic E-state index is 12.2. The number of carbonyl (C=O) groups is 2. The van der Waals surface area contributed by atoms with Crippen LogP contribution >= 0.6 is 0 Å². The molecule has 1 saturated heterocycles. The zero-order valence-corrected chi connectivity index (χ0v) is 12.1. The van der Waals surface area contributed by atoms with Gasteiger partial charge in [-0.3, -0.25) is 14.5 Å². The molecule has 1 heterocycles. The first-order chi connectivity index (χ1) is 7.97. The van der Waals surface area contributed by atoms with Crippen molar-refractivity contribution < 1.29 is 14.7 Å². The van der Waals surface area contributed by atoms with E-state index in [9.17, 15) is 9.59 Å². The molecule has 1 aliphatic rings. The van der Waals surface area contributed by atoms with Crippen molar-refractivity contribution in [3.05, 3.63) is 0 Å². The van der Waals surface area contributed by atoms with Crippen LogP contribution in [0.2, 0.25) is 0 Å². The molecule has 0 bridgehead atoms. The summed E-state index contributed by atoms with van der Waals surface area (Å²) < 4.78 is 0. The lowest BCUT2D eigenvalue weighted by Crippen LogP contribution is -2.70. The molecule has 0 aromatic heterocycles. The van der Waals surface area contributed by atoms with E-state index in [0.717, 1.165) is 0 Å². The van der Waals surface area contributed by atoms with Gasteiger partial charge < -0.3 is 10.0 Å². The van der Waals surface area contributed by atoms with Crippen LogP contribution in [-0.4, -0.2) is 57.5 Å². The molecule has 1 aliphatic heterocycles. The van der Waals surface area contributed by atoms with E-state index in [-0.39, 0.29) is 23.4 Å². The summed E-state index contributed by atoms with van der Waals surface area (Å²) in [4.78, 5) is 26.9. The third-order valence-corrected chi connectivity index (χ3v) is 3.34. The van der Waals surface area contributed by atoms with Crippen molar-refractivity contribution in [1.82, 2.24) is 9.80 Å². The molecule has 1 fully saturated rings. The van der Waals surface area contributed by atoms with Crippen molar-refractivity contribution in [2.45, 2.75) is 58.2 Å². The van der Waals surface area contributed by atoms with Crippen LogP contribution in [0.4, 0.5) is 0 Å². The van der Waals surface area contributed by atoms with Crippen molar-refractivity contribution in [2.75, 3.05) is 13.6 Å². The predicted molar refractivity (Wildman–Crippen MR) is 69.3 cm³/mol. The molecule has 0 aromatic carbocycles. The standard InChI is InChI=1S/C13H24N2O3/c1-12(2,3)15-9(7-10(16)17)11(18)14(6)8-13(15,4)5/h9H,7-8H2,1-6H3,(H,16,17). The topological polar surface area (TPSA) is 60.9 Å². The summed E-state index contributed by atoms with van der Waals surface area (Å²) in [5.41, 5.74) is -0.485. The molecule has 0 saturated carbocycles. The summed E-state index contributed by atoms with van der Waals surface area (Å²) in [6, 6.07) is -0.587. The number of aliphatic carboxylic acids is 1. The highest BCUT2D eigenvalue weighted by Gasteiger charge is 2.48. The Morgan fingerprint density at radius 1 is 1.44 bits per heavy atom. The number of amides is 1. The molecule has 0 radical (unpaired) electrons. The Kier molecular flexibility index (Phi) is 3.77. The molecule has 1 amide bonds. The van der Waals surface area contributed by atoms with E-state index in [2.05, 4.69) is 13.8 Å². The van der Waals surface area contributed by atoms with Crippen molar-refractivity contribution in [3.8, 4) is 0 Å². The minimum absolute atomic E-state index is 0.105. The molecule has 18 heavy (non-hydrogen) atoms. The number of carboxylic acid groups (broad SMARTS) is 1. The van der Waals surface area contributed by atoms with Crippen LogP contribution in [0.15, 0.2) is 0 Å². The molecule has 5 nitrogen and oxygen atoms in total. The van der Waals surface area contributed by atoms with Crippen LogP contribution in [0.3, 0.4) is 0 Å². The van der Waals surface area contributed by atoms with Crippen LogP contribution in [0.25, 0.3) is 0 Å². The van der Waals surface area contributed by atoms with Gasteiger partial charge in [0.15, 0.2) is 0 Å². The van der Waals surface area contributed by atoms with E-state index < -0.39 is 12.0 Å². The summed E-state index contributed by atoms with van der Waals surface area (Å²) in [5.74, 6) is -1.04. The average Bonchev–Trinajstić information content (AvgIpc) is 2.09. The number of rotatable bonds is 2.